The molecule has 0 radical (unpaired) electrons. The topological polar surface area (TPSA) is 45.4 Å². The molecule has 2 heterocycles. The van der Waals surface area contributed by atoms with E-state index in [9.17, 15) is 0 Å². The van der Waals surface area contributed by atoms with Crippen molar-refractivity contribution in [3.05, 3.63) is 23.9 Å². The molecule has 2 N–H and O–H groups in total. The van der Waals surface area contributed by atoms with Gasteiger partial charge in [-0.25, -0.2) is 4.98 Å². The maximum Gasteiger partial charge on any atom is 0.123 e. The molecule has 0 spiro atoms. The van der Waals surface area contributed by atoms with Crippen LogP contribution in [0, 0.1) is 0 Å². The number of piperazine rings is 1. The third-order valence-corrected chi connectivity index (χ3v) is 3.65. The molecule has 1 fully saturated rings. The van der Waals surface area contributed by atoms with Crippen molar-refractivity contribution < 1.29 is 0 Å². The SMILES string of the molecule is CN1CCN(Cc2ccnc(N)c2)CC1(C)C. The van der Waals surface area contributed by atoms with Crippen LogP contribution in [0.25, 0.3) is 0 Å². The molecule has 1 aliphatic heterocycles. The lowest BCUT2D eigenvalue weighted by molar-refractivity contribution is 0.0360. The van der Waals surface area contributed by atoms with Crippen molar-refractivity contribution in [2.75, 3.05) is 32.4 Å². The second-order valence-corrected chi connectivity index (χ2v) is 5.53. The lowest BCUT2D eigenvalue weighted by Gasteiger charge is -2.45. The van der Waals surface area contributed by atoms with Gasteiger partial charge in [0.15, 0.2) is 0 Å². The normalized spacial score (nSPS) is 21.6. The van der Waals surface area contributed by atoms with Crippen molar-refractivity contribution in [3.63, 3.8) is 0 Å². The third-order valence-electron chi connectivity index (χ3n) is 3.65. The molecule has 17 heavy (non-hydrogen) atoms. The Balaban J connectivity index is 2.01. The first-order valence-electron chi connectivity index (χ1n) is 6.11. The van der Waals surface area contributed by atoms with Gasteiger partial charge in [-0.2, -0.15) is 0 Å². The van der Waals surface area contributed by atoms with Crippen molar-refractivity contribution in [1.29, 1.82) is 0 Å². The molecule has 94 valence electrons. The van der Waals surface area contributed by atoms with Crippen molar-refractivity contribution in [2.24, 2.45) is 0 Å². The van der Waals surface area contributed by atoms with Gasteiger partial charge in [-0.1, -0.05) is 0 Å². The van der Waals surface area contributed by atoms with Gasteiger partial charge in [0.2, 0.25) is 0 Å². The summed E-state index contributed by atoms with van der Waals surface area (Å²) in [5, 5.41) is 0. The van der Waals surface area contributed by atoms with Crippen LogP contribution in [0.1, 0.15) is 19.4 Å². The lowest BCUT2D eigenvalue weighted by atomic mass is 9.99. The zero-order valence-electron chi connectivity index (χ0n) is 11.0. The van der Waals surface area contributed by atoms with Crippen LogP contribution >= 0.6 is 0 Å². The maximum atomic E-state index is 5.70. The average molecular weight is 234 g/mol. The first-order chi connectivity index (χ1) is 7.97. The molecule has 0 aromatic carbocycles. The molecule has 2 rings (SSSR count). The molecule has 1 aromatic rings. The van der Waals surface area contributed by atoms with E-state index < -0.39 is 0 Å². The molecule has 1 saturated heterocycles. The summed E-state index contributed by atoms with van der Waals surface area (Å²) in [6, 6.07) is 4.01. The monoisotopic (exact) mass is 234 g/mol. The quantitative estimate of drug-likeness (QED) is 0.835. The number of aromatic nitrogens is 1. The molecule has 1 aliphatic rings. The summed E-state index contributed by atoms with van der Waals surface area (Å²) >= 11 is 0. The van der Waals surface area contributed by atoms with Gasteiger partial charge in [0.1, 0.15) is 5.82 Å². The van der Waals surface area contributed by atoms with Crippen molar-refractivity contribution in [1.82, 2.24) is 14.8 Å². The number of hydrogen-bond acceptors (Lipinski definition) is 4. The van der Waals surface area contributed by atoms with Crippen LogP contribution in [0.15, 0.2) is 18.3 Å². The van der Waals surface area contributed by atoms with E-state index in [0.29, 0.717) is 5.82 Å². The summed E-state index contributed by atoms with van der Waals surface area (Å²) in [5.74, 6) is 0.607. The second kappa shape index (κ2) is 4.63. The zero-order valence-corrected chi connectivity index (χ0v) is 11.0. The number of anilines is 1. The van der Waals surface area contributed by atoms with Crippen LogP contribution in [-0.2, 0) is 6.54 Å². The molecular formula is C13H22N4. The summed E-state index contributed by atoms with van der Waals surface area (Å²) in [4.78, 5) is 8.93. The number of nitrogen functional groups attached to an aromatic ring is 1. The number of nitrogens with zero attached hydrogens (tertiary/aromatic N) is 3. The Kier molecular flexibility index (Phi) is 3.35. The third kappa shape index (κ3) is 2.96. The Hall–Kier alpha value is -1.13. The molecule has 1 aromatic heterocycles. The fourth-order valence-corrected chi connectivity index (χ4v) is 2.33. The van der Waals surface area contributed by atoms with Crippen LogP contribution in [0.4, 0.5) is 5.82 Å². The Labute approximate surface area is 103 Å². The van der Waals surface area contributed by atoms with Crippen LogP contribution < -0.4 is 5.73 Å². The number of likely N-dealkylation sites (N-methyl/N-ethyl adjacent to an activating group) is 1. The van der Waals surface area contributed by atoms with Gasteiger partial charge in [-0.05, 0) is 38.6 Å². The fraction of sp³-hybridized carbons (Fsp3) is 0.615. The van der Waals surface area contributed by atoms with E-state index in [4.69, 9.17) is 5.73 Å². The van der Waals surface area contributed by atoms with Crippen LogP contribution in [0.3, 0.4) is 0 Å². The van der Waals surface area contributed by atoms with Gasteiger partial charge in [0.25, 0.3) is 0 Å². The predicted octanol–water partition coefficient (Wildman–Crippen LogP) is 1.19. The molecule has 0 atom stereocenters. The highest BCUT2D eigenvalue weighted by Crippen LogP contribution is 2.20. The second-order valence-electron chi connectivity index (χ2n) is 5.53. The molecule has 0 saturated carbocycles. The van der Waals surface area contributed by atoms with E-state index in [2.05, 4.69) is 35.7 Å². The summed E-state index contributed by atoms with van der Waals surface area (Å²) in [7, 11) is 2.20. The summed E-state index contributed by atoms with van der Waals surface area (Å²) in [6.07, 6.45) is 1.78. The first-order valence-corrected chi connectivity index (χ1v) is 6.11. The number of nitrogens with two attached hydrogens (primary N) is 1. The molecule has 0 amide bonds. The molecule has 0 aliphatic carbocycles. The van der Waals surface area contributed by atoms with Crippen LogP contribution in [0.2, 0.25) is 0 Å². The van der Waals surface area contributed by atoms with Crippen molar-refractivity contribution in [2.45, 2.75) is 25.9 Å². The molecular weight excluding hydrogens is 212 g/mol. The summed E-state index contributed by atoms with van der Waals surface area (Å²) < 4.78 is 0. The standard InChI is InChI=1S/C13H22N4/c1-13(2)10-17(7-6-16(13)3)9-11-4-5-15-12(14)8-11/h4-5,8H,6-7,9-10H2,1-3H3,(H2,14,15). The lowest BCUT2D eigenvalue weighted by Crippen LogP contribution is -2.57. The Bertz CT molecular complexity index is 389. The van der Waals surface area contributed by atoms with Gasteiger partial charge >= 0.3 is 0 Å². The Morgan fingerprint density at radius 2 is 2.18 bits per heavy atom. The minimum Gasteiger partial charge on any atom is -0.384 e. The van der Waals surface area contributed by atoms with E-state index in [-0.39, 0.29) is 5.54 Å². The number of pyridine rings is 1. The predicted molar refractivity (Wildman–Crippen MR) is 70.6 cm³/mol. The highest BCUT2D eigenvalue weighted by Gasteiger charge is 2.30. The molecule has 0 bridgehead atoms. The smallest absolute Gasteiger partial charge is 0.123 e. The van der Waals surface area contributed by atoms with Crippen LogP contribution in [-0.4, -0.2) is 47.0 Å². The maximum absolute atomic E-state index is 5.70. The van der Waals surface area contributed by atoms with Crippen molar-refractivity contribution in [3.8, 4) is 0 Å². The minimum atomic E-state index is 0.247. The molecule has 4 nitrogen and oxygen atoms in total. The highest BCUT2D eigenvalue weighted by atomic mass is 15.3. The number of hydrogen-bond donors (Lipinski definition) is 1. The van der Waals surface area contributed by atoms with Gasteiger partial charge < -0.3 is 5.73 Å². The minimum absolute atomic E-state index is 0.247. The average Bonchev–Trinajstić information content (AvgIpc) is 2.23. The van der Waals surface area contributed by atoms with Gasteiger partial charge in [-0.3, -0.25) is 9.80 Å². The number of rotatable bonds is 2. The summed E-state index contributed by atoms with van der Waals surface area (Å²) in [5.41, 5.74) is 7.20. The first kappa shape index (κ1) is 12.3. The van der Waals surface area contributed by atoms with E-state index in [1.165, 1.54) is 5.56 Å². The van der Waals surface area contributed by atoms with Crippen molar-refractivity contribution >= 4 is 5.82 Å². The van der Waals surface area contributed by atoms with Gasteiger partial charge in [0, 0.05) is 37.9 Å². The van der Waals surface area contributed by atoms with E-state index in [1.807, 2.05) is 12.1 Å². The van der Waals surface area contributed by atoms with Gasteiger partial charge in [-0.15, -0.1) is 0 Å². The summed E-state index contributed by atoms with van der Waals surface area (Å²) in [6.45, 7) is 8.87. The van der Waals surface area contributed by atoms with E-state index in [0.717, 1.165) is 26.2 Å². The zero-order chi connectivity index (χ0) is 12.5. The molecule has 0 unspecified atom stereocenters. The molecule has 4 heteroatoms. The fourth-order valence-electron chi connectivity index (χ4n) is 2.33. The highest BCUT2D eigenvalue weighted by molar-refractivity contribution is 5.31. The Morgan fingerprint density at radius 3 is 2.82 bits per heavy atom. The van der Waals surface area contributed by atoms with E-state index in [1.54, 1.807) is 6.20 Å². The van der Waals surface area contributed by atoms with E-state index >= 15 is 0 Å². The van der Waals surface area contributed by atoms with Crippen LogP contribution in [0.5, 0.6) is 0 Å². The van der Waals surface area contributed by atoms with Gasteiger partial charge in [0.05, 0.1) is 0 Å². The Morgan fingerprint density at radius 1 is 1.41 bits per heavy atom. The largest absolute Gasteiger partial charge is 0.384 e.